The van der Waals surface area contributed by atoms with Gasteiger partial charge in [-0.05, 0) is 88.0 Å². The van der Waals surface area contributed by atoms with Crippen LogP contribution >= 0.6 is 11.6 Å². The molecule has 0 atom stereocenters. The minimum absolute atomic E-state index is 0.140. The Kier molecular flexibility index (Phi) is 10.4. The quantitative estimate of drug-likeness (QED) is 0.166. The fourth-order valence-electron chi connectivity index (χ4n) is 5.51. The number of anilines is 4. The van der Waals surface area contributed by atoms with E-state index in [1.807, 2.05) is 19.1 Å². The molecule has 1 aliphatic rings. The first kappa shape index (κ1) is 35.2. The van der Waals surface area contributed by atoms with Crippen molar-refractivity contribution >= 4 is 83.8 Å². The predicted octanol–water partition coefficient (Wildman–Crippen LogP) is -0.892. The molecule has 5 N–H and O–H groups in total. The summed E-state index contributed by atoms with van der Waals surface area (Å²) >= 11 is 6.48. The Labute approximate surface area is 275 Å². The van der Waals surface area contributed by atoms with Crippen LogP contribution in [0.3, 0.4) is 0 Å². The van der Waals surface area contributed by atoms with Gasteiger partial charge in [0, 0.05) is 10.8 Å². The van der Waals surface area contributed by atoms with Gasteiger partial charge in [0.25, 0.3) is 0 Å². The predicted molar refractivity (Wildman–Crippen MR) is 194 cm³/mol. The number of aromatic nitrogens is 2. The number of para-hydroxylation sites is 1. The monoisotopic (exact) mass is 649 g/mol. The van der Waals surface area contributed by atoms with Crippen LogP contribution in [0.4, 0.5) is 23.1 Å². The number of rotatable bonds is 11. The summed E-state index contributed by atoms with van der Waals surface area (Å²) < 4.78 is 32.7. The molecule has 10 nitrogen and oxygen atoms in total. The number of benzene rings is 2. The Morgan fingerprint density at radius 1 is 1.02 bits per heavy atom. The smallest absolute Gasteiger partial charge is 0.229 e. The summed E-state index contributed by atoms with van der Waals surface area (Å²) in [5, 5.41) is 28.9. The molecule has 2 heterocycles. The van der Waals surface area contributed by atoms with Gasteiger partial charge in [-0.1, -0.05) is 23.7 Å². The number of aliphatic hydroxyl groups is 2. The molecule has 45 heavy (non-hydrogen) atoms. The number of hydrogen-bond donors (Lipinski definition) is 5. The van der Waals surface area contributed by atoms with Gasteiger partial charge in [-0.2, -0.15) is 4.98 Å². The average Bonchev–Trinajstić information content (AvgIpc) is 2.95. The van der Waals surface area contributed by atoms with Crippen LogP contribution in [-0.2, 0) is 9.84 Å². The SMILES string of the molecule is BC(B)(O)C(B)(Oc1cc(C2CCNCC2)c(C)cc1Nc1ncc(Cl)c(Nc2ccccc2S(=O)(=O)C(C)C)n1)C(B)(B)O. The van der Waals surface area contributed by atoms with Gasteiger partial charge in [0.05, 0.1) is 33.2 Å². The lowest BCUT2D eigenvalue weighted by Gasteiger charge is -2.50. The molecule has 0 aliphatic carbocycles. The highest BCUT2D eigenvalue weighted by atomic mass is 35.5. The summed E-state index contributed by atoms with van der Waals surface area (Å²) in [5.41, 5.74) is 1.63. The third-order valence-electron chi connectivity index (χ3n) is 8.85. The zero-order chi connectivity index (χ0) is 33.4. The molecule has 1 aromatic heterocycles. The topological polar surface area (TPSA) is 146 Å². The van der Waals surface area contributed by atoms with Crippen LogP contribution < -0.4 is 20.7 Å². The second kappa shape index (κ2) is 13.2. The highest BCUT2D eigenvalue weighted by Crippen LogP contribution is 2.40. The standard InChI is InChI=1S/C28H41B5ClN5O5S/c1-15(2)45(42,43)23-7-5-4-6-20(23)37-24-19(34)14-36-25(39-24)38-21-12-16(3)18(17-8-10-35-11-9-17)13-22(21)44-26(29,27(30,31)40)28(32,33)41/h4-7,12-15,17,35,40-41H,8-11,29-33H2,1-3H3,(H2,36,37,38,39). The Morgan fingerprint density at radius 2 is 1.64 bits per heavy atom. The maximum atomic E-state index is 13.0. The highest BCUT2D eigenvalue weighted by Gasteiger charge is 2.51. The molecule has 236 valence electrons. The molecule has 0 saturated carbocycles. The van der Waals surface area contributed by atoms with Gasteiger partial charge in [-0.15, -0.1) is 0 Å². The van der Waals surface area contributed by atoms with Crippen molar-refractivity contribution in [3.8, 4) is 5.75 Å². The number of halogens is 1. The van der Waals surface area contributed by atoms with Gasteiger partial charge in [-0.3, -0.25) is 0 Å². The zero-order valence-electron chi connectivity index (χ0n) is 27.3. The second-order valence-electron chi connectivity index (χ2n) is 13.2. The van der Waals surface area contributed by atoms with E-state index in [0.717, 1.165) is 37.1 Å². The molecule has 2 aromatic carbocycles. The summed E-state index contributed by atoms with van der Waals surface area (Å²) in [6.45, 7) is 7.14. The van der Waals surface area contributed by atoms with E-state index in [9.17, 15) is 18.6 Å². The van der Waals surface area contributed by atoms with E-state index in [1.54, 1.807) is 77.3 Å². The first-order valence-electron chi connectivity index (χ1n) is 15.2. The lowest BCUT2D eigenvalue weighted by molar-refractivity contribution is -0.0482. The molecule has 3 aromatic rings. The number of aryl methyl sites for hydroxylation is 1. The summed E-state index contributed by atoms with van der Waals surface area (Å²) in [6.07, 6.45) is 3.38. The van der Waals surface area contributed by atoms with Gasteiger partial charge in [0.1, 0.15) is 42.2 Å². The van der Waals surface area contributed by atoms with E-state index in [-0.39, 0.29) is 21.7 Å². The summed E-state index contributed by atoms with van der Waals surface area (Å²) in [5.74, 6) is 1.13. The maximum absolute atomic E-state index is 13.0. The minimum Gasteiger partial charge on any atom is -0.492 e. The second-order valence-corrected chi connectivity index (χ2v) is 16.1. The third-order valence-corrected chi connectivity index (χ3v) is 11.3. The molecule has 0 amide bonds. The highest BCUT2D eigenvalue weighted by molar-refractivity contribution is 7.92. The van der Waals surface area contributed by atoms with Crippen molar-refractivity contribution in [1.29, 1.82) is 0 Å². The molecule has 1 saturated heterocycles. The summed E-state index contributed by atoms with van der Waals surface area (Å²) in [4.78, 5) is 9.10. The first-order chi connectivity index (χ1) is 20.8. The van der Waals surface area contributed by atoms with Crippen LogP contribution in [0.25, 0.3) is 0 Å². The first-order valence-corrected chi connectivity index (χ1v) is 17.2. The molecule has 4 rings (SSSR count). The molecule has 0 radical (unpaired) electrons. The number of sulfone groups is 1. The van der Waals surface area contributed by atoms with Crippen molar-refractivity contribution in [3.05, 3.63) is 58.7 Å². The van der Waals surface area contributed by atoms with Crippen LogP contribution in [0.15, 0.2) is 47.5 Å². The van der Waals surface area contributed by atoms with Crippen molar-refractivity contribution in [2.45, 2.75) is 66.0 Å². The Hall–Kier alpha value is -2.64. The fourth-order valence-corrected chi connectivity index (χ4v) is 6.85. The average molecular weight is 649 g/mol. The zero-order valence-corrected chi connectivity index (χ0v) is 28.9. The molecular weight excluding hydrogens is 608 g/mol. The number of nitrogens with zero attached hydrogens (tertiary/aromatic N) is 2. The number of ether oxygens (including phenoxy) is 1. The number of hydrogen-bond acceptors (Lipinski definition) is 10. The lowest BCUT2D eigenvalue weighted by Crippen LogP contribution is -2.73. The molecule has 1 fully saturated rings. The maximum Gasteiger partial charge on any atom is 0.229 e. The van der Waals surface area contributed by atoms with Crippen LogP contribution in [0.1, 0.15) is 43.7 Å². The van der Waals surface area contributed by atoms with E-state index in [0.29, 0.717) is 23.0 Å². The molecule has 0 spiro atoms. The Balaban J connectivity index is 1.77. The van der Waals surface area contributed by atoms with Crippen molar-refractivity contribution in [2.75, 3.05) is 23.7 Å². The molecule has 17 heteroatoms. The fraction of sp³-hybridized carbons (Fsp3) is 0.429. The number of nitrogens with one attached hydrogen (secondary N) is 3. The molecular formula is C28H41B5ClN5O5S. The van der Waals surface area contributed by atoms with E-state index in [1.165, 1.54) is 6.20 Å². The molecule has 1 aliphatic heterocycles. The van der Waals surface area contributed by atoms with Gasteiger partial charge in [0.15, 0.2) is 23.5 Å². The van der Waals surface area contributed by atoms with Crippen LogP contribution in [0.5, 0.6) is 5.75 Å². The normalized spacial score (nSPS) is 15.2. The van der Waals surface area contributed by atoms with E-state index in [2.05, 4.69) is 25.9 Å². The Bertz CT molecular complexity index is 1630. The van der Waals surface area contributed by atoms with E-state index in [4.69, 9.17) is 16.3 Å². The molecule has 0 bridgehead atoms. The Morgan fingerprint density at radius 3 is 2.24 bits per heavy atom. The third kappa shape index (κ3) is 7.51. The van der Waals surface area contributed by atoms with Gasteiger partial charge in [0.2, 0.25) is 5.95 Å². The summed E-state index contributed by atoms with van der Waals surface area (Å²) in [7, 11) is 4.53. The summed E-state index contributed by atoms with van der Waals surface area (Å²) in [6, 6.07) is 10.5. The van der Waals surface area contributed by atoms with Crippen molar-refractivity contribution in [1.82, 2.24) is 15.3 Å². The van der Waals surface area contributed by atoms with Crippen LogP contribution in [0.2, 0.25) is 5.02 Å². The number of piperidine rings is 1. The van der Waals surface area contributed by atoms with E-state index < -0.39 is 31.4 Å². The van der Waals surface area contributed by atoms with E-state index >= 15 is 0 Å². The van der Waals surface area contributed by atoms with Crippen molar-refractivity contribution < 1.29 is 23.4 Å². The largest absolute Gasteiger partial charge is 0.492 e. The van der Waals surface area contributed by atoms with Crippen LogP contribution in [-0.4, -0.2) is 102 Å². The molecule has 0 unspecified atom stereocenters. The lowest BCUT2D eigenvalue weighted by atomic mass is 9.37. The van der Waals surface area contributed by atoms with Gasteiger partial charge in [-0.25, -0.2) is 13.4 Å². The minimum atomic E-state index is -3.59. The van der Waals surface area contributed by atoms with Crippen molar-refractivity contribution in [2.24, 2.45) is 0 Å². The van der Waals surface area contributed by atoms with Crippen molar-refractivity contribution in [3.63, 3.8) is 0 Å². The van der Waals surface area contributed by atoms with Gasteiger partial charge < -0.3 is 30.9 Å². The van der Waals surface area contributed by atoms with Crippen LogP contribution in [0, 0.1) is 6.92 Å². The van der Waals surface area contributed by atoms with Gasteiger partial charge >= 0.3 is 0 Å².